The molecule has 0 aliphatic carbocycles. The number of halogens is 1. The number of nitrogens with one attached hydrogen (secondary N) is 1. The zero-order valence-electron chi connectivity index (χ0n) is 13.9. The summed E-state index contributed by atoms with van der Waals surface area (Å²) >= 11 is 3.42. The van der Waals surface area contributed by atoms with E-state index in [1.165, 1.54) is 0 Å². The average Bonchev–Trinajstić information content (AvgIpc) is 3.04. The number of carbonyl (C=O) groups is 1. The van der Waals surface area contributed by atoms with E-state index in [0.29, 0.717) is 18.0 Å². The van der Waals surface area contributed by atoms with Crippen LogP contribution in [0.15, 0.2) is 16.7 Å². The van der Waals surface area contributed by atoms with Crippen molar-refractivity contribution >= 4 is 39.3 Å². The van der Waals surface area contributed by atoms with Gasteiger partial charge in [-0.05, 0) is 43.1 Å². The Labute approximate surface area is 148 Å². The molecule has 8 nitrogen and oxygen atoms in total. The second kappa shape index (κ2) is 6.12. The molecule has 130 valence electrons. The summed E-state index contributed by atoms with van der Waals surface area (Å²) in [6.07, 6.45) is 2.10. The summed E-state index contributed by atoms with van der Waals surface area (Å²) < 4.78 is 7.67. The largest absolute Gasteiger partial charge is 0.444 e. The molecule has 3 heterocycles. The van der Waals surface area contributed by atoms with Crippen LogP contribution in [0.25, 0.3) is 5.65 Å². The first-order valence-corrected chi connectivity index (χ1v) is 8.56. The van der Waals surface area contributed by atoms with Crippen LogP contribution in [-0.2, 0) is 4.74 Å². The SMILES string of the molecule is CC(C)(C)OC(=O)N[C@H]1CCN(c2cc(N)n3ncc(Br)c3n2)C1. The van der Waals surface area contributed by atoms with Crippen LogP contribution in [0, 0.1) is 0 Å². The van der Waals surface area contributed by atoms with Crippen LogP contribution in [-0.4, -0.2) is 45.4 Å². The summed E-state index contributed by atoms with van der Waals surface area (Å²) in [6, 6.07) is 1.81. The van der Waals surface area contributed by atoms with Crippen molar-refractivity contribution in [3.63, 3.8) is 0 Å². The molecule has 9 heteroatoms. The molecule has 0 bridgehead atoms. The summed E-state index contributed by atoms with van der Waals surface area (Å²) in [5.74, 6) is 1.29. The number of hydrogen-bond donors (Lipinski definition) is 2. The van der Waals surface area contributed by atoms with Crippen LogP contribution >= 0.6 is 15.9 Å². The van der Waals surface area contributed by atoms with Gasteiger partial charge in [-0.2, -0.15) is 9.61 Å². The maximum atomic E-state index is 11.9. The van der Waals surface area contributed by atoms with Gasteiger partial charge in [0.25, 0.3) is 0 Å². The molecule has 1 aliphatic rings. The fourth-order valence-electron chi connectivity index (χ4n) is 2.67. The minimum absolute atomic E-state index is 0.0208. The average molecular weight is 397 g/mol. The van der Waals surface area contributed by atoms with Crippen LogP contribution in [0.1, 0.15) is 27.2 Å². The molecule has 0 radical (unpaired) electrons. The number of alkyl carbamates (subject to hydrolysis) is 1. The van der Waals surface area contributed by atoms with Gasteiger partial charge in [-0.3, -0.25) is 0 Å². The molecule has 1 fully saturated rings. The lowest BCUT2D eigenvalue weighted by molar-refractivity contribution is 0.0509. The number of fused-ring (bicyclic) bond motifs is 1. The van der Waals surface area contributed by atoms with Gasteiger partial charge in [0.15, 0.2) is 5.65 Å². The Morgan fingerprint density at radius 3 is 2.96 bits per heavy atom. The summed E-state index contributed by atoms with van der Waals surface area (Å²) in [7, 11) is 0. The highest BCUT2D eigenvalue weighted by Crippen LogP contribution is 2.25. The zero-order valence-corrected chi connectivity index (χ0v) is 15.5. The van der Waals surface area contributed by atoms with Crippen molar-refractivity contribution in [1.29, 1.82) is 0 Å². The van der Waals surface area contributed by atoms with Gasteiger partial charge in [0, 0.05) is 19.2 Å². The summed E-state index contributed by atoms with van der Waals surface area (Å²) in [6.45, 7) is 6.99. The van der Waals surface area contributed by atoms with Crippen LogP contribution in [0.4, 0.5) is 16.4 Å². The molecule has 2 aromatic rings. The predicted octanol–water partition coefficient (Wildman–Crippen LogP) is 2.18. The Balaban J connectivity index is 1.69. The van der Waals surface area contributed by atoms with Gasteiger partial charge in [-0.15, -0.1) is 0 Å². The lowest BCUT2D eigenvalue weighted by Crippen LogP contribution is -2.40. The van der Waals surface area contributed by atoms with Gasteiger partial charge in [-0.25, -0.2) is 9.78 Å². The normalized spacial score (nSPS) is 18.2. The number of nitrogen functional groups attached to an aromatic ring is 1. The number of ether oxygens (including phenoxy) is 1. The summed E-state index contributed by atoms with van der Waals surface area (Å²) in [4.78, 5) is 18.6. The third-order valence-corrected chi connectivity index (χ3v) is 4.24. The Hall–Kier alpha value is -2.03. The Kier molecular flexibility index (Phi) is 4.29. The lowest BCUT2D eigenvalue weighted by atomic mass is 10.2. The molecule has 0 aromatic carbocycles. The first kappa shape index (κ1) is 16.8. The summed E-state index contributed by atoms with van der Waals surface area (Å²) in [5, 5.41) is 7.07. The Morgan fingerprint density at radius 1 is 1.50 bits per heavy atom. The molecule has 2 aromatic heterocycles. The Bertz CT molecular complexity index is 769. The van der Waals surface area contributed by atoms with Crippen LogP contribution in [0.2, 0.25) is 0 Å². The minimum atomic E-state index is -0.502. The molecule has 24 heavy (non-hydrogen) atoms. The lowest BCUT2D eigenvalue weighted by Gasteiger charge is -2.22. The zero-order chi connectivity index (χ0) is 17.5. The van der Waals surface area contributed by atoms with Crippen molar-refractivity contribution in [2.75, 3.05) is 23.7 Å². The number of rotatable bonds is 2. The van der Waals surface area contributed by atoms with Crippen molar-refractivity contribution in [3.8, 4) is 0 Å². The van der Waals surface area contributed by atoms with E-state index in [2.05, 4.69) is 36.2 Å². The maximum Gasteiger partial charge on any atom is 0.407 e. The topological polar surface area (TPSA) is 97.8 Å². The molecule has 1 aliphatic heterocycles. The van der Waals surface area contributed by atoms with Gasteiger partial charge in [0.2, 0.25) is 0 Å². The number of nitrogens with zero attached hydrogens (tertiary/aromatic N) is 4. The molecule has 0 spiro atoms. The quantitative estimate of drug-likeness (QED) is 0.806. The van der Waals surface area contributed by atoms with Gasteiger partial charge >= 0.3 is 6.09 Å². The van der Waals surface area contributed by atoms with E-state index in [9.17, 15) is 4.79 Å². The monoisotopic (exact) mass is 396 g/mol. The van der Waals surface area contributed by atoms with Gasteiger partial charge in [0.1, 0.15) is 17.2 Å². The maximum absolute atomic E-state index is 11.9. The molecule has 0 unspecified atom stereocenters. The standard InChI is InChI=1S/C15H21BrN6O2/c1-15(2,3)24-14(23)19-9-4-5-21(8-9)12-6-11(17)22-13(20-12)10(16)7-18-22/h6-7,9H,4-5,8,17H2,1-3H3,(H,19,23)/t9-/m0/s1. The van der Waals surface area contributed by atoms with E-state index < -0.39 is 11.7 Å². The van der Waals surface area contributed by atoms with Gasteiger partial charge in [0.05, 0.1) is 16.7 Å². The number of nitrogens with two attached hydrogens (primary N) is 1. The van der Waals surface area contributed by atoms with Crippen molar-refractivity contribution in [1.82, 2.24) is 19.9 Å². The molecular weight excluding hydrogens is 376 g/mol. The molecular formula is C15H21BrN6O2. The number of anilines is 2. The van der Waals surface area contributed by atoms with Crippen molar-refractivity contribution in [2.45, 2.75) is 38.8 Å². The van der Waals surface area contributed by atoms with Crippen molar-refractivity contribution in [3.05, 3.63) is 16.7 Å². The highest BCUT2D eigenvalue weighted by Gasteiger charge is 2.27. The third kappa shape index (κ3) is 3.55. The number of amides is 1. The van der Waals surface area contributed by atoms with E-state index in [4.69, 9.17) is 10.5 Å². The highest BCUT2D eigenvalue weighted by molar-refractivity contribution is 9.10. The molecule has 1 amide bonds. The van der Waals surface area contributed by atoms with E-state index >= 15 is 0 Å². The smallest absolute Gasteiger partial charge is 0.407 e. The first-order valence-electron chi connectivity index (χ1n) is 7.77. The summed E-state index contributed by atoms with van der Waals surface area (Å²) in [5.41, 5.74) is 6.22. The highest BCUT2D eigenvalue weighted by atomic mass is 79.9. The fourth-order valence-corrected chi connectivity index (χ4v) is 3.02. The number of carbonyl (C=O) groups excluding carboxylic acids is 1. The van der Waals surface area contributed by atoms with E-state index in [1.54, 1.807) is 16.8 Å². The van der Waals surface area contributed by atoms with Crippen molar-refractivity contribution in [2.24, 2.45) is 0 Å². The first-order chi connectivity index (χ1) is 11.2. The minimum Gasteiger partial charge on any atom is -0.444 e. The second-order valence-electron chi connectivity index (χ2n) is 6.84. The van der Waals surface area contributed by atoms with E-state index in [0.717, 1.165) is 23.3 Å². The van der Waals surface area contributed by atoms with E-state index in [-0.39, 0.29) is 6.04 Å². The van der Waals surface area contributed by atoms with Crippen LogP contribution in [0.3, 0.4) is 0 Å². The number of hydrogen-bond acceptors (Lipinski definition) is 6. The second-order valence-corrected chi connectivity index (χ2v) is 7.70. The fraction of sp³-hybridized carbons (Fsp3) is 0.533. The third-order valence-electron chi connectivity index (χ3n) is 3.68. The van der Waals surface area contributed by atoms with E-state index in [1.807, 2.05) is 20.8 Å². The van der Waals surface area contributed by atoms with Crippen molar-refractivity contribution < 1.29 is 9.53 Å². The Morgan fingerprint density at radius 2 is 2.25 bits per heavy atom. The van der Waals surface area contributed by atoms with Crippen LogP contribution in [0.5, 0.6) is 0 Å². The molecule has 0 saturated carbocycles. The number of aromatic nitrogens is 3. The molecule has 1 saturated heterocycles. The van der Waals surface area contributed by atoms with Gasteiger partial charge in [-0.1, -0.05) is 0 Å². The molecule has 3 N–H and O–H groups in total. The van der Waals surface area contributed by atoms with Gasteiger partial charge < -0.3 is 20.7 Å². The van der Waals surface area contributed by atoms with Crippen LogP contribution < -0.4 is 16.0 Å². The molecule has 1 atom stereocenters. The molecule has 3 rings (SSSR count). The predicted molar refractivity (Wildman–Crippen MR) is 95.1 cm³/mol.